The number of benzene rings is 3. The van der Waals surface area contributed by atoms with Gasteiger partial charge in [0.15, 0.2) is 5.82 Å². The number of aromatic nitrogens is 2. The Morgan fingerprint density at radius 1 is 1.00 bits per heavy atom. The van der Waals surface area contributed by atoms with Gasteiger partial charge in [0.1, 0.15) is 11.6 Å². The number of hydrogen-bond donors (Lipinski definition) is 3. The van der Waals surface area contributed by atoms with E-state index in [1.165, 1.54) is 6.07 Å². The summed E-state index contributed by atoms with van der Waals surface area (Å²) in [5, 5.41) is 9.77. The molecule has 2 amide bonds. The van der Waals surface area contributed by atoms with Crippen LogP contribution in [0, 0.1) is 11.2 Å². The maximum absolute atomic E-state index is 14.4. The van der Waals surface area contributed by atoms with Crippen molar-refractivity contribution < 1.29 is 14.0 Å². The van der Waals surface area contributed by atoms with Gasteiger partial charge in [-0.05, 0) is 53.4 Å². The minimum atomic E-state index is -0.428. The van der Waals surface area contributed by atoms with Crippen molar-refractivity contribution in [3.05, 3.63) is 82.6 Å². The van der Waals surface area contributed by atoms with Crippen LogP contribution in [0.1, 0.15) is 43.1 Å². The monoisotopic (exact) mass is 533 g/mol. The zero-order valence-corrected chi connectivity index (χ0v) is 22.4. The van der Waals surface area contributed by atoms with Crippen molar-refractivity contribution in [3.63, 3.8) is 0 Å². The molecule has 0 aliphatic rings. The fourth-order valence-corrected chi connectivity index (χ4v) is 4.16. The number of hydrogen-bond acceptors (Lipinski definition) is 5. The van der Waals surface area contributed by atoms with Gasteiger partial charge in [-0.15, -0.1) is 0 Å². The third-order valence-electron chi connectivity index (χ3n) is 5.76. The molecule has 0 atom stereocenters. The molecule has 3 aromatic carbocycles. The van der Waals surface area contributed by atoms with Crippen LogP contribution < -0.4 is 16.0 Å². The molecule has 1 heterocycles. The largest absolute Gasteiger partial charge is 0.373 e. The molecule has 0 bridgehead atoms. The molecule has 0 fully saturated rings. The van der Waals surface area contributed by atoms with E-state index >= 15 is 0 Å². The van der Waals surface area contributed by atoms with E-state index in [-0.39, 0.29) is 39.8 Å². The van der Waals surface area contributed by atoms with E-state index in [2.05, 4.69) is 25.9 Å². The zero-order chi connectivity index (χ0) is 27.4. The minimum Gasteiger partial charge on any atom is -0.373 e. The highest BCUT2D eigenvalue weighted by molar-refractivity contribution is 6.34. The molecule has 196 valence electrons. The molecule has 9 heteroatoms. The van der Waals surface area contributed by atoms with Crippen molar-refractivity contribution in [2.24, 2.45) is 5.41 Å². The first-order valence-corrected chi connectivity index (χ1v) is 12.5. The van der Waals surface area contributed by atoms with E-state index in [0.717, 1.165) is 10.9 Å². The fourth-order valence-electron chi connectivity index (χ4n) is 3.96. The number of fused-ring (bicyclic) bond motifs is 1. The molecular weight excluding hydrogens is 505 g/mol. The number of rotatable bonds is 7. The summed E-state index contributed by atoms with van der Waals surface area (Å²) in [6, 6.07) is 16.6. The number of carbonyl (C=O) groups is 2. The first-order chi connectivity index (χ1) is 18.0. The van der Waals surface area contributed by atoms with Gasteiger partial charge < -0.3 is 16.0 Å². The standard InChI is InChI=1S/C29H29ClFN5O2/c1-29(2,3)15-25(37)33-16-17-9-12-22(30)21(13-17)28(38)34-18-10-11-20-24(14-18)35-27(36-26(20)32-4)19-7-5-6-8-23(19)31/h5-14H,15-16H2,1-4H3,(H,33,37)(H,34,38)(H,32,35,36). The van der Waals surface area contributed by atoms with Crippen LogP contribution in [0.3, 0.4) is 0 Å². The Bertz CT molecular complexity index is 1520. The van der Waals surface area contributed by atoms with E-state index in [0.29, 0.717) is 23.4 Å². The third-order valence-corrected chi connectivity index (χ3v) is 6.09. The number of halogens is 2. The van der Waals surface area contributed by atoms with Gasteiger partial charge >= 0.3 is 0 Å². The summed E-state index contributed by atoms with van der Waals surface area (Å²) in [7, 11) is 1.73. The van der Waals surface area contributed by atoms with Crippen LogP contribution in [0.25, 0.3) is 22.3 Å². The number of amides is 2. The Morgan fingerprint density at radius 2 is 1.76 bits per heavy atom. The molecule has 1 aromatic heterocycles. The average Bonchev–Trinajstić information content (AvgIpc) is 2.86. The zero-order valence-electron chi connectivity index (χ0n) is 21.7. The van der Waals surface area contributed by atoms with Crippen LogP contribution in [-0.4, -0.2) is 28.8 Å². The van der Waals surface area contributed by atoms with Gasteiger partial charge in [-0.25, -0.2) is 14.4 Å². The quantitative estimate of drug-likeness (QED) is 0.254. The topological polar surface area (TPSA) is 96.0 Å². The number of carbonyl (C=O) groups excluding carboxylic acids is 2. The summed E-state index contributed by atoms with van der Waals surface area (Å²) in [4.78, 5) is 34.3. The first-order valence-electron chi connectivity index (χ1n) is 12.1. The highest BCUT2D eigenvalue weighted by atomic mass is 35.5. The summed E-state index contributed by atoms with van der Waals surface area (Å²) in [6.45, 7) is 6.27. The van der Waals surface area contributed by atoms with Gasteiger partial charge in [0.25, 0.3) is 5.91 Å². The Morgan fingerprint density at radius 3 is 2.47 bits per heavy atom. The number of nitrogens with zero attached hydrogens (tertiary/aromatic N) is 2. The van der Waals surface area contributed by atoms with Crippen molar-refractivity contribution >= 4 is 45.8 Å². The second-order valence-electron chi connectivity index (χ2n) is 10.1. The molecule has 4 rings (SSSR count). The first kappa shape index (κ1) is 27.0. The van der Waals surface area contributed by atoms with Gasteiger partial charge in [-0.3, -0.25) is 9.59 Å². The predicted molar refractivity (Wildman–Crippen MR) is 150 cm³/mol. The van der Waals surface area contributed by atoms with Gasteiger partial charge in [0, 0.05) is 31.1 Å². The second-order valence-corrected chi connectivity index (χ2v) is 10.5. The summed E-state index contributed by atoms with van der Waals surface area (Å²) in [5.74, 6) is -0.132. The van der Waals surface area contributed by atoms with Crippen molar-refractivity contribution in [1.82, 2.24) is 15.3 Å². The molecule has 38 heavy (non-hydrogen) atoms. The highest BCUT2D eigenvalue weighted by Crippen LogP contribution is 2.29. The lowest BCUT2D eigenvalue weighted by atomic mass is 9.92. The molecule has 7 nitrogen and oxygen atoms in total. The van der Waals surface area contributed by atoms with Crippen LogP contribution in [0.5, 0.6) is 0 Å². The predicted octanol–water partition coefficient (Wildman–Crippen LogP) is 6.44. The molecule has 0 saturated carbocycles. The summed E-state index contributed by atoms with van der Waals surface area (Å²) in [5.41, 5.74) is 2.20. The van der Waals surface area contributed by atoms with Crippen molar-refractivity contribution in [1.29, 1.82) is 0 Å². The normalized spacial score (nSPS) is 11.3. The van der Waals surface area contributed by atoms with Crippen LogP contribution in [0.15, 0.2) is 60.7 Å². The van der Waals surface area contributed by atoms with Crippen LogP contribution in [0.2, 0.25) is 5.02 Å². The molecule has 0 unspecified atom stereocenters. The molecule has 0 aliphatic carbocycles. The lowest BCUT2D eigenvalue weighted by molar-refractivity contribution is -0.122. The second kappa shape index (κ2) is 11.1. The van der Waals surface area contributed by atoms with E-state index < -0.39 is 11.7 Å². The van der Waals surface area contributed by atoms with Gasteiger partial charge in [-0.2, -0.15) is 0 Å². The Hall–Kier alpha value is -4.04. The van der Waals surface area contributed by atoms with E-state index in [1.807, 2.05) is 20.8 Å². The minimum absolute atomic E-state index is 0.0627. The van der Waals surface area contributed by atoms with Gasteiger partial charge in [-0.1, -0.05) is 50.6 Å². The average molecular weight is 534 g/mol. The van der Waals surface area contributed by atoms with Crippen LogP contribution >= 0.6 is 11.6 Å². The molecule has 4 aromatic rings. The number of nitrogens with one attached hydrogen (secondary N) is 3. The van der Waals surface area contributed by atoms with Crippen molar-refractivity contribution in [3.8, 4) is 11.4 Å². The maximum Gasteiger partial charge on any atom is 0.257 e. The molecular formula is C29H29ClFN5O2. The van der Waals surface area contributed by atoms with E-state index in [4.69, 9.17) is 11.6 Å². The van der Waals surface area contributed by atoms with Gasteiger partial charge in [0.05, 0.1) is 21.7 Å². The molecule has 0 radical (unpaired) electrons. The highest BCUT2D eigenvalue weighted by Gasteiger charge is 2.17. The maximum atomic E-state index is 14.4. The summed E-state index contributed by atoms with van der Waals surface area (Å²) >= 11 is 6.33. The fraction of sp³-hybridized carbons (Fsp3) is 0.241. The van der Waals surface area contributed by atoms with Gasteiger partial charge in [0.2, 0.25) is 5.91 Å². The smallest absolute Gasteiger partial charge is 0.257 e. The lowest BCUT2D eigenvalue weighted by Crippen LogP contribution is -2.27. The molecule has 3 N–H and O–H groups in total. The van der Waals surface area contributed by atoms with Crippen LogP contribution in [-0.2, 0) is 11.3 Å². The lowest BCUT2D eigenvalue weighted by Gasteiger charge is -2.17. The third kappa shape index (κ3) is 6.44. The molecule has 0 saturated heterocycles. The Balaban J connectivity index is 1.57. The number of anilines is 2. The SMILES string of the molecule is CNc1nc(-c2ccccc2F)nc2cc(NC(=O)c3cc(CNC(=O)CC(C)(C)C)ccc3Cl)ccc12. The molecule has 0 aliphatic heterocycles. The van der Waals surface area contributed by atoms with Crippen molar-refractivity contribution in [2.45, 2.75) is 33.7 Å². The molecule has 0 spiro atoms. The Labute approximate surface area is 225 Å². The van der Waals surface area contributed by atoms with E-state index in [9.17, 15) is 14.0 Å². The van der Waals surface area contributed by atoms with Crippen molar-refractivity contribution in [2.75, 3.05) is 17.7 Å². The Kier molecular flexibility index (Phi) is 7.92. The summed E-state index contributed by atoms with van der Waals surface area (Å²) in [6.07, 6.45) is 0.396. The van der Waals surface area contributed by atoms with Crippen LogP contribution in [0.4, 0.5) is 15.9 Å². The van der Waals surface area contributed by atoms with E-state index in [1.54, 1.807) is 61.6 Å². The summed E-state index contributed by atoms with van der Waals surface area (Å²) < 4.78 is 14.4.